The summed E-state index contributed by atoms with van der Waals surface area (Å²) in [5, 5.41) is 1.77. The number of halogens is 4. The van der Waals surface area contributed by atoms with E-state index >= 15 is 0 Å². The largest absolute Gasteiger partial charge is 0.419 e. The topological polar surface area (TPSA) is 35.2 Å². The van der Waals surface area contributed by atoms with Crippen molar-refractivity contribution in [2.45, 2.75) is 39.3 Å². The SMILES string of the molecule is C=C1N(C)C=C(c2cc(C(/C=c3/cc(C(C)(C)C)[nH]c3=C)=C/C)ccn2)N1c1ccc(F)c(C(F)(F)F)c1. The number of allylic oxidation sites excluding steroid dienone is 2. The molecule has 1 aliphatic heterocycles. The molecule has 38 heavy (non-hydrogen) atoms. The van der Waals surface area contributed by atoms with Crippen molar-refractivity contribution in [1.29, 1.82) is 0 Å². The molecule has 0 saturated carbocycles. The predicted molar refractivity (Wildman–Crippen MR) is 145 cm³/mol. The van der Waals surface area contributed by atoms with Gasteiger partial charge in [-0.05, 0) is 65.8 Å². The van der Waals surface area contributed by atoms with Crippen LogP contribution in [0.15, 0.2) is 67.3 Å². The number of alkyl halides is 3. The van der Waals surface area contributed by atoms with Crippen LogP contribution in [0.4, 0.5) is 23.2 Å². The van der Waals surface area contributed by atoms with Crippen LogP contribution in [-0.4, -0.2) is 21.9 Å². The number of nitrogens with one attached hydrogen (secondary N) is 1. The van der Waals surface area contributed by atoms with Gasteiger partial charge in [-0.3, -0.25) is 9.88 Å². The van der Waals surface area contributed by atoms with Gasteiger partial charge in [0, 0.05) is 41.6 Å². The minimum Gasteiger partial charge on any atom is -0.358 e. The molecular weight excluding hydrogens is 492 g/mol. The fourth-order valence-electron chi connectivity index (χ4n) is 4.25. The van der Waals surface area contributed by atoms with Gasteiger partial charge in [0.1, 0.15) is 11.6 Å². The second-order valence-corrected chi connectivity index (χ2v) is 10.2. The Morgan fingerprint density at radius 1 is 1.05 bits per heavy atom. The van der Waals surface area contributed by atoms with E-state index in [-0.39, 0.29) is 11.1 Å². The van der Waals surface area contributed by atoms with Crippen molar-refractivity contribution in [3.8, 4) is 0 Å². The highest BCUT2D eigenvalue weighted by molar-refractivity contribution is 5.90. The lowest BCUT2D eigenvalue weighted by Gasteiger charge is -2.25. The summed E-state index contributed by atoms with van der Waals surface area (Å²) in [7, 11) is 1.74. The van der Waals surface area contributed by atoms with Gasteiger partial charge in [0.15, 0.2) is 0 Å². The quantitative estimate of drug-likeness (QED) is 0.404. The van der Waals surface area contributed by atoms with Crippen LogP contribution in [0, 0.1) is 5.82 Å². The maximum atomic E-state index is 14.0. The highest BCUT2D eigenvalue weighted by Crippen LogP contribution is 2.40. The molecule has 3 aromatic rings. The number of hydrogen-bond acceptors (Lipinski definition) is 3. The number of nitrogens with zero attached hydrogens (tertiary/aromatic N) is 3. The van der Waals surface area contributed by atoms with Gasteiger partial charge in [0.25, 0.3) is 0 Å². The van der Waals surface area contributed by atoms with Crippen molar-refractivity contribution in [2.24, 2.45) is 0 Å². The molecule has 0 amide bonds. The molecule has 0 atom stereocenters. The van der Waals surface area contributed by atoms with E-state index in [9.17, 15) is 17.6 Å². The van der Waals surface area contributed by atoms with Crippen molar-refractivity contribution in [1.82, 2.24) is 14.9 Å². The van der Waals surface area contributed by atoms with Gasteiger partial charge >= 0.3 is 6.18 Å². The molecule has 0 saturated heterocycles. The lowest BCUT2D eigenvalue weighted by atomic mass is 9.92. The van der Waals surface area contributed by atoms with E-state index in [1.54, 1.807) is 24.3 Å². The van der Waals surface area contributed by atoms with Gasteiger partial charge in [-0.1, -0.05) is 40.0 Å². The van der Waals surface area contributed by atoms with E-state index < -0.39 is 17.6 Å². The van der Waals surface area contributed by atoms with Crippen molar-refractivity contribution in [3.05, 3.63) is 106 Å². The van der Waals surface area contributed by atoms with Crippen LogP contribution in [0.2, 0.25) is 0 Å². The number of pyridine rings is 1. The standard InChI is InChI=1S/C30H30F4N4/c1-8-20(13-22-15-28(29(4,5)6)36-18(22)2)21-11-12-35-26(14-21)27-17-37(7)19(3)38(27)23-9-10-25(31)24(16-23)30(32,33)34/h8-17,36H,2-3H2,1,4-7H3/b20-8+,22-13-. The summed E-state index contributed by atoms with van der Waals surface area (Å²) in [5.41, 5.74) is 2.65. The maximum absolute atomic E-state index is 14.0. The molecule has 2 aromatic heterocycles. The number of hydrogen-bond donors (Lipinski definition) is 1. The van der Waals surface area contributed by atoms with Crippen molar-refractivity contribution in [3.63, 3.8) is 0 Å². The second kappa shape index (κ2) is 9.67. The Labute approximate surface area is 219 Å². The zero-order chi connectivity index (χ0) is 28.0. The molecule has 3 heterocycles. The summed E-state index contributed by atoms with van der Waals surface area (Å²) in [6, 6.07) is 8.72. The molecule has 0 aliphatic carbocycles. The first-order valence-corrected chi connectivity index (χ1v) is 12.0. The lowest BCUT2D eigenvalue weighted by molar-refractivity contribution is -0.139. The number of aromatic amines is 1. The molecule has 0 unspecified atom stereocenters. The van der Waals surface area contributed by atoms with Crippen LogP contribution < -0.4 is 15.5 Å². The van der Waals surface area contributed by atoms with Gasteiger partial charge < -0.3 is 9.88 Å². The van der Waals surface area contributed by atoms with Crippen LogP contribution in [-0.2, 0) is 11.6 Å². The molecule has 4 nitrogen and oxygen atoms in total. The van der Waals surface area contributed by atoms with E-state index in [4.69, 9.17) is 0 Å². The van der Waals surface area contributed by atoms with Gasteiger partial charge in [-0.15, -0.1) is 0 Å². The fourth-order valence-corrected chi connectivity index (χ4v) is 4.25. The molecule has 0 bridgehead atoms. The zero-order valence-electron chi connectivity index (χ0n) is 22.0. The molecule has 0 spiro atoms. The Bertz CT molecular complexity index is 1570. The third kappa shape index (κ3) is 5.16. The van der Waals surface area contributed by atoms with Crippen LogP contribution in [0.5, 0.6) is 0 Å². The number of benzene rings is 1. The normalized spacial score (nSPS) is 15.5. The fraction of sp³-hybridized carbons (Fsp3) is 0.233. The maximum Gasteiger partial charge on any atom is 0.419 e. The zero-order valence-corrected chi connectivity index (χ0v) is 22.0. The summed E-state index contributed by atoms with van der Waals surface area (Å²) in [5.74, 6) is -0.920. The van der Waals surface area contributed by atoms with E-state index in [2.05, 4.69) is 50.0 Å². The summed E-state index contributed by atoms with van der Waals surface area (Å²) in [6.45, 7) is 16.5. The number of H-pyrrole nitrogens is 1. The molecule has 8 heteroatoms. The van der Waals surface area contributed by atoms with Crippen molar-refractivity contribution in [2.75, 3.05) is 11.9 Å². The van der Waals surface area contributed by atoms with Gasteiger partial charge in [0.2, 0.25) is 0 Å². The van der Waals surface area contributed by atoms with E-state index in [1.165, 1.54) is 11.0 Å². The van der Waals surface area contributed by atoms with Crippen LogP contribution >= 0.6 is 0 Å². The minimum atomic E-state index is -4.83. The smallest absolute Gasteiger partial charge is 0.358 e. The first kappa shape index (κ1) is 27.0. The number of rotatable bonds is 4. The minimum absolute atomic E-state index is 0.0579. The molecule has 0 radical (unpaired) electrons. The summed E-state index contributed by atoms with van der Waals surface area (Å²) < 4.78 is 54.3. The van der Waals surface area contributed by atoms with E-state index in [0.29, 0.717) is 17.2 Å². The van der Waals surface area contributed by atoms with Crippen LogP contribution in [0.25, 0.3) is 23.9 Å². The second-order valence-electron chi connectivity index (χ2n) is 10.2. The molecule has 4 rings (SSSR count). The number of anilines is 1. The lowest BCUT2D eigenvalue weighted by Crippen LogP contribution is -2.22. The highest BCUT2D eigenvalue weighted by Gasteiger charge is 2.36. The van der Waals surface area contributed by atoms with Gasteiger partial charge in [0.05, 0.1) is 17.0 Å². The molecule has 0 fully saturated rings. The predicted octanol–water partition coefficient (Wildman–Crippen LogP) is 6.38. The third-order valence-corrected chi connectivity index (χ3v) is 6.46. The molecule has 1 N–H and O–H groups in total. The van der Waals surface area contributed by atoms with Crippen molar-refractivity contribution >= 4 is 29.6 Å². The highest BCUT2D eigenvalue weighted by atomic mass is 19.4. The van der Waals surface area contributed by atoms with Crippen LogP contribution in [0.1, 0.15) is 50.2 Å². The summed E-state index contributed by atoms with van der Waals surface area (Å²) in [4.78, 5) is 11.1. The van der Waals surface area contributed by atoms with Crippen molar-refractivity contribution < 1.29 is 17.6 Å². The third-order valence-electron chi connectivity index (χ3n) is 6.46. The first-order valence-electron chi connectivity index (χ1n) is 12.0. The Morgan fingerprint density at radius 3 is 2.37 bits per heavy atom. The Balaban J connectivity index is 1.77. The molecular formula is C30H30F4N4. The Hall–Kier alpha value is -4.07. The average Bonchev–Trinajstić information content (AvgIpc) is 3.36. The Morgan fingerprint density at radius 2 is 1.76 bits per heavy atom. The molecule has 1 aliphatic rings. The van der Waals surface area contributed by atoms with E-state index in [1.807, 2.05) is 31.2 Å². The van der Waals surface area contributed by atoms with E-state index in [0.717, 1.165) is 39.5 Å². The summed E-state index contributed by atoms with van der Waals surface area (Å²) >= 11 is 0. The Kier molecular flexibility index (Phi) is 6.86. The molecule has 1 aromatic carbocycles. The van der Waals surface area contributed by atoms with Crippen LogP contribution in [0.3, 0.4) is 0 Å². The summed E-state index contributed by atoms with van der Waals surface area (Å²) in [6.07, 6.45) is 2.57. The monoisotopic (exact) mass is 522 g/mol. The van der Waals surface area contributed by atoms with Gasteiger partial charge in [-0.25, -0.2) is 4.39 Å². The number of aromatic nitrogens is 2. The van der Waals surface area contributed by atoms with Gasteiger partial charge in [-0.2, -0.15) is 13.2 Å². The first-order chi connectivity index (χ1) is 17.7. The average molecular weight is 523 g/mol. The molecule has 198 valence electrons.